The van der Waals surface area contributed by atoms with Gasteiger partial charge in [0.15, 0.2) is 5.82 Å². The lowest BCUT2D eigenvalue weighted by Crippen LogP contribution is -2.47. The van der Waals surface area contributed by atoms with Gasteiger partial charge in [0.25, 0.3) is 11.5 Å². The number of rotatable bonds is 2. The Bertz CT molecular complexity index is 753. The molecule has 0 bridgehead atoms. The first-order valence-corrected chi connectivity index (χ1v) is 6.96. The molecule has 0 aliphatic carbocycles. The molecule has 1 saturated heterocycles. The number of aliphatic hydroxyl groups is 1. The van der Waals surface area contributed by atoms with Gasteiger partial charge in [0.05, 0.1) is 12.7 Å². The second-order valence-electron chi connectivity index (χ2n) is 4.94. The number of likely N-dealkylation sites (N-methyl/N-ethyl adjacent to an activating group) is 1. The topological polar surface area (TPSA) is 84.1 Å². The first kappa shape index (κ1) is 15.0. The van der Waals surface area contributed by atoms with Crippen LogP contribution in [0.3, 0.4) is 0 Å². The lowest BCUT2D eigenvalue weighted by Gasteiger charge is -2.23. The first-order chi connectivity index (χ1) is 10.3. The summed E-state index contributed by atoms with van der Waals surface area (Å²) < 4.78 is 29.7. The summed E-state index contributed by atoms with van der Waals surface area (Å²) in [5.74, 6) is -4.48. The molecule has 3 heterocycles. The summed E-state index contributed by atoms with van der Waals surface area (Å²) in [5, 5.41) is 17.5. The molecule has 7 nitrogen and oxygen atoms in total. The number of pyridine rings is 1. The predicted molar refractivity (Wildman–Crippen MR) is 73.3 cm³/mol. The van der Waals surface area contributed by atoms with Crippen molar-refractivity contribution in [2.75, 3.05) is 13.6 Å². The minimum Gasteiger partial charge on any atom is -0.369 e. The van der Waals surface area contributed by atoms with Gasteiger partial charge in [-0.1, -0.05) is 11.3 Å². The van der Waals surface area contributed by atoms with Crippen LogP contribution in [-0.2, 0) is 10.4 Å². The molecule has 1 fully saturated rings. The van der Waals surface area contributed by atoms with Crippen molar-refractivity contribution in [1.82, 2.24) is 24.9 Å². The van der Waals surface area contributed by atoms with E-state index in [1.165, 1.54) is 7.05 Å². The molecule has 0 spiro atoms. The molecule has 1 aliphatic heterocycles. The zero-order chi connectivity index (χ0) is 16.1. The van der Waals surface area contributed by atoms with Gasteiger partial charge >= 0.3 is 5.92 Å². The molecule has 0 saturated carbocycles. The third-order valence-electron chi connectivity index (χ3n) is 3.42. The van der Waals surface area contributed by atoms with Crippen LogP contribution in [0.4, 0.5) is 8.78 Å². The van der Waals surface area contributed by atoms with Gasteiger partial charge < -0.3 is 10.0 Å². The molecule has 0 aromatic carbocycles. The van der Waals surface area contributed by atoms with Crippen molar-refractivity contribution in [3.8, 4) is 5.82 Å². The van der Waals surface area contributed by atoms with E-state index < -0.39 is 29.7 Å². The van der Waals surface area contributed by atoms with E-state index in [4.69, 9.17) is 0 Å². The molecule has 1 aliphatic rings. The van der Waals surface area contributed by atoms with Crippen LogP contribution in [0.25, 0.3) is 5.82 Å². The van der Waals surface area contributed by atoms with Crippen molar-refractivity contribution in [3.63, 3.8) is 0 Å². The summed E-state index contributed by atoms with van der Waals surface area (Å²) in [4.78, 5) is 16.8. The predicted octanol–water partition coefficient (Wildman–Crippen LogP) is 0.720. The van der Waals surface area contributed by atoms with E-state index in [-0.39, 0.29) is 0 Å². The van der Waals surface area contributed by atoms with Crippen molar-refractivity contribution in [1.29, 1.82) is 0 Å². The lowest BCUT2D eigenvalue weighted by molar-refractivity contribution is -0.174. The third-order valence-corrected chi connectivity index (χ3v) is 3.86. The molecular weight excluding hydrogens is 364 g/mol. The number of nitrogens with zero attached hydrogens (tertiary/aromatic N) is 5. The zero-order valence-corrected chi connectivity index (χ0v) is 12.8. The highest BCUT2D eigenvalue weighted by Crippen LogP contribution is 2.43. The SMILES string of the molecule is CN1CC(F)(F)[C@@](O)(c2cn(-c3cccc(Br)n3)nn2)C1=O. The van der Waals surface area contributed by atoms with Crippen molar-refractivity contribution in [3.05, 3.63) is 34.7 Å². The average molecular weight is 374 g/mol. The Morgan fingerprint density at radius 3 is 2.73 bits per heavy atom. The molecule has 3 rings (SSSR count). The van der Waals surface area contributed by atoms with Crippen LogP contribution in [0.1, 0.15) is 5.69 Å². The maximum Gasteiger partial charge on any atom is 0.308 e. The fourth-order valence-electron chi connectivity index (χ4n) is 2.28. The maximum absolute atomic E-state index is 14.0. The highest BCUT2D eigenvalue weighted by atomic mass is 79.9. The summed E-state index contributed by atoms with van der Waals surface area (Å²) in [6.45, 7) is -0.885. The molecule has 10 heteroatoms. The second kappa shape index (κ2) is 4.78. The van der Waals surface area contributed by atoms with Crippen LogP contribution in [0.5, 0.6) is 0 Å². The summed E-state index contributed by atoms with van der Waals surface area (Å²) in [5.41, 5.74) is -3.54. The van der Waals surface area contributed by atoms with Gasteiger partial charge in [-0.2, -0.15) is 0 Å². The van der Waals surface area contributed by atoms with E-state index in [1.807, 2.05) is 0 Å². The summed E-state index contributed by atoms with van der Waals surface area (Å²) in [6, 6.07) is 4.93. The molecule has 1 amide bonds. The number of hydrogen-bond acceptors (Lipinski definition) is 5. The summed E-state index contributed by atoms with van der Waals surface area (Å²) in [6.07, 6.45) is 1.07. The molecule has 0 unspecified atom stereocenters. The fraction of sp³-hybridized carbons (Fsp3) is 0.333. The van der Waals surface area contributed by atoms with Gasteiger partial charge in [-0.3, -0.25) is 4.79 Å². The Labute approximate surface area is 131 Å². The Hall–Kier alpha value is -1.94. The van der Waals surface area contributed by atoms with Crippen LogP contribution in [0.2, 0.25) is 0 Å². The monoisotopic (exact) mass is 373 g/mol. The van der Waals surface area contributed by atoms with Gasteiger partial charge in [0, 0.05) is 7.05 Å². The van der Waals surface area contributed by atoms with E-state index in [0.717, 1.165) is 15.8 Å². The van der Waals surface area contributed by atoms with Crippen molar-refractivity contribution in [2.45, 2.75) is 11.5 Å². The minimum absolute atomic E-state index is 0.304. The molecular formula is C12H10BrF2N5O2. The Morgan fingerprint density at radius 1 is 1.41 bits per heavy atom. The zero-order valence-electron chi connectivity index (χ0n) is 11.2. The molecule has 2 aromatic rings. The number of halogens is 3. The average Bonchev–Trinajstić information content (AvgIpc) is 2.99. The van der Waals surface area contributed by atoms with Crippen molar-refractivity contribution >= 4 is 21.8 Å². The number of carbonyl (C=O) groups excluding carboxylic acids is 1. The molecule has 1 atom stereocenters. The van der Waals surface area contributed by atoms with E-state index in [0.29, 0.717) is 10.4 Å². The molecule has 2 aromatic heterocycles. The van der Waals surface area contributed by atoms with Gasteiger partial charge in [-0.05, 0) is 28.1 Å². The third kappa shape index (κ3) is 2.02. The van der Waals surface area contributed by atoms with Crippen LogP contribution < -0.4 is 0 Å². The Balaban J connectivity index is 2.05. The maximum atomic E-state index is 14.0. The second-order valence-corrected chi connectivity index (χ2v) is 5.76. The molecule has 116 valence electrons. The lowest BCUT2D eigenvalue weighted by atomic mass is 9.95. The van der Waals surface area contributed by atoms with E-state index in [1.54, 1.807) is 18.2 Å². The summed E-state index contributed by atoms with van der Waals surface area (Å²) in [7, 11) is 1.19. The van der Waals surface area contributed by atoms with Gasteiger partial charge in [-0.25, -0.2) is 18.4 Å². The van der Waals surface area contributed by atoms with Gasteiger partial charge in [-0.15, -0.1) is 5.10 Å². The van der Waals surface area contributed by atoms with Crippen LogP contribution in [0, 0.1) is 0 Å². The highest BCUT2D eigenvalue weighted by Gasteiger charge is 2.67. The quantitative estimate of drug-likeness (QED) is 0.784. The van der Waals surface area contributed by atoms with Crippen molar-refractivity contribution < 1.29 is 18.7 Å². The number of alkyl halides is 2. The number of aromatic nitrogens is 4. The molecule has 1 N–H and O–H groups in total. The van der Waals surface area contributed by atoms with Crippen LogP contribution >= 0.6 is 15.9 Å². The highest BCUT2D eigenvalue weighted by molar-refractivity contribution is 9.10. The minimum atomic E-state index is -3.66. The number of hydrogen-bond donors (Lipinski definition) is 1. The number of carbonyl (C=O) groups is 1. The van der Waals surface area contributed by atoms with E-state index in [2.05, 4.69) is 31.2 Å². The largest absolute Gasteiger partial charge is 0.369 e. The van der Waals surface area contributed by atoms with Crippen LogP contribution in [-0.4, -0.2) is 55.4 Å². The van der Waals surface area contributed by atoms with E-state index >= 15 is 0 Å². The van der Waals surface area contributed by atoms with E-state index in [9.17, 15) is 18.7 Å². The van der Waals surface area contributed by atoms with Crippen molar-refractivity contribution in [2.24, 2.45) is 0 Å². The first-order valence-electron chi connectivity index (χ1n) is 6.17. The standard InChI is InChI=1S/C12H10BrF2N5O2/c1-19-6-11(14,15)12(22,10(19)21)7-5-20(18-17-7)9-4-2-3-8(13)16-9/h2-5,22H,6H2,1H3/t12-/m1/s1. The van der Waals surface area contributed by atoms with Gasteiger partial charge in [0.2, 0.25) is 0 Å². The smallest absolute Gasteiger partial charge is 0.308 e. The molecule has 22 heavy (non-hydrogen) atoms. The Kier molecular flexibility index (Phi) is 3.25. The molecule has 0 radical (unpaired) electrons. The summed E-state index contributed by atoms with van der Waals surface area (Å²) >= 11 is 3.18. The van der Waals surface area contributed by atoms with Crippen LogP contribution in [0.15, 0.2) is 29.0 Å². The number of likely N-dealkylation sites (tertiary alicyclic amines) is 1. The Morgan fingerprint density at radius 2 is 2.14 bits per heavy atom. The van der Waals surface area contributed by atoms with Gasteiger partial charge in [0.1, 0.15) is 10.3 Å². The number of amides is 1. The fourth-order valence-corrected chi connectivity index (χ4v) is 2.61. The normalized spacial score (nSPS) is 24.0.